The standard InChI is InChI=1S/C32H29NO6/c34-24(19-37-25-12-14-31-28(16-25)27-3-1-2-4-30(27)39-31)17-33-18-26-11-9-23-15-22(10-13-29(23)38-26)20-5-7-21(8-6-20)32(35)36/h1-8,10,12-16,24,26,33-34H,9,11,17-19H2,(H,35,36)/t24-,26+/m0/s1. The average Bonchev–Trinajstić information content (AvgIpc) is 3.34. The molecule has 0 unspecified atom stereocenters. The van der Waals surface area contributed by atoms with Crippen LogP contribution in [0.1, 0.15) is 22.3 Å². The Morgan fingerprint density at radius 2 is 1.74 bits per heavy atom. The van der Waals surface area contributed by atoms with Crippen molar-refractivity contribution in [1.29, 1.82) is 0 Å². The van der Waals surface area contributed by atoms with E-state index < -0.39 is 12.1 Å². The van der Waals surface area contributed by atoms with E-state index in [0.29, 0.717) is 18.8 Å². The molecular formula is C32H29NO6. The van der Waals surface area contributed by atoms with E-state index in [1.807, 2.05) is 66.7 Å². The quantitative estimate of drug-likeness (QED) is 0.229. The number of aryl methyl sites for hydroxylation is 1. The van der Waals surface area contributed by atoms with E-state index in [4.69, 9.17) is 19.0 Å². The van der Waals surface area contributed by atoms with Gasteiger partial charge in [-0.2, -0.15) is 0 Å². The molecule has 39 heavy (non-hydrogen) atoms. The molecular weight excluding hydrogens is 494 g/mol. The van der Waals surface area contributed by atoms with Gasteiger partial charge in [-0.3, -0.25) is 0 Å². The Balaban J connectivity index is 0.983. The molecule has 4 aromatic carbocycles. The molecule has 2 atom stereocenters. The number of nitrogens with one attached hydrogen (secondary N) is 1. The normalized spacial score (nSPS) is 15.6. The molecule has 198 valence electrons. The van der Waals surface area contributed by atoms with Crippen LogP contribution in [0.5, 0.6) is 11.5 Å². The molecule has 7 nitrogen and oxygen atoms in total. The third-order valence-electron chi connectivity index (χ3n) is 7.10. The zero-order chi connectivity index (χ0) is 26.8. The van der Waals surface area contributed by atoms with Crippen molar-refractivity contribution >= 4 is 27.9 Å². The Labute approximate surface area is 225 Å². The summed E-state index contributed by atoms with van der Waals surface area (Å²) in [5, 5.41) is 24.9. The number of furan rings is 1. The van der Waals surface area contributed by atoms with Gasteiger partial charge in [0.25, 0.3) is 0 Å². The first kappa shape index (κ1) is 25.0. The first-order chi connectivity index (χ1) is 19.0. The average molecular weight is 524 g/mol. The van der Waals surface area contributed by atoms with Gasteiger partial charge in [0, 0.05) is 23.9 Å². The van der Waals surface area contributed by atoms with Crippen molar-refractivity contribution in [1.82, 2.24) is 5.32 Å². The van der Waals surface area contributed by atoms with E-state index in [1.165, 1.54) is 0 Å². The molecule has 5 aromatic rings. The number of carboxylic acids is 1. The van der Waals surface area contributed by atoms with Gasteiger partial charge < -0.3 is 29.4 Å². The van der Waals surface area contributed by atoms with Gasteiger partial charge in [-0.1, -0.05) is 36.4 Å². The Morgan fingerprint density at radius 3 is 2.59 bits per heavy atom. The maximum Gasteiger partial charge on any atom is 0.335 e. The number of hydrogen-bond acceptors (Lipinski definition) is 6. The van der Waals surface area contributed by atoms with Crippen LogP contribution in [-0.4, -0.2) is 48.1 Å². The number of para-hydroxylation sites is 1. The van der Waals surface area contributed by atoms with Gasteiger partial charge >= 0.3 is 5.97 Å². The number of ether oxygens (including phenoxy) is 2. The second-order valence-corrected chi connectivity index (χ2v) is 9.86. The summed E-state index contributed by atoms with van der Waals surface area (Å²) in [5.41, 5.74) is 5.08. The lowest BCUT2D eigenvalue weighted by atomic mass is 9.96. The predicted octanol–water partition coefficient (Wildman–Crippen LogP) is 5.67. The van der Waals surface area contributed by atoms with E-state index >= 15 is 0 Å². The fourth-order valence-corrected chi connectivity index (χ4v) is 5.03. The second-order valence-electron chi connectivity index (χ2n) is 9.86. The second kappa shape index (κ2) is 10.8. The van der Waals surface area contributed by atoms with E-state index in [0.717, 1.165) is 57.2 Å². The molecule has 6 rings (SSSR count). The van der Waals surface area contributed by atoms with Crippen LogP contribution < -0.4 is 14.8 Å². The number of aliphatic hydroxyl groups excluding tert-OH is 1. The fourth-order valence-electron chi connectivity index (χ4n) is 5.03. The first-order valence-electron chi connectivity index (χ1n) is 13.1. The van der Waals surface area contributed by atoms with Crippen LogP contribution in [-0.2, 0) is 6.42 Å². The lowest BCUT2D eigenvalue weighted by molar-refractivity contribution is 0.0697. The van der Waals surface area contributed by atoms with Gasteiger partial charge in [0.2, 0.25) is 0 Å². The van der Waals surface area contributed by atoms with Gasteiger partial charge in [-0.05, 0) is 78.1 Å². The highest BCUT2D eigenvalue weighted by molar-refractivity contribution is 6.05. The largest absolute Gasteiger partial charge is 0.491 e. The minimum atomic E-state index is -0.929. The lowest BCUT2D eigenvalue weighted by Crippen LogP contribution is -2.39. The third-order valence-corrected chi connectivity index (χ3v) is 7.10. The van der Waals surface area contributed by atoms with Gasteiger partial charge in [0.1, 0.15) is 41.5 Å². The first-order valence-corrected chi connectivity index (χ1v) is 13.1. The van der Waals surface area contributed by atoms with Crippen molar-refractivity contribution < 1.29 is 28.9 Å². The van der Waals surface area contributed by atoms with Crippen molar-refractivity contribution in [3.8, 4) is 22.6 Å². The third kappa shape index (κ3) is 5.46. The summed E-state index contributed by atoms with van der Waals surface area (Å²) >= 11 is 0. The highest BCUT2D eigenvalue weighted by Gasteiger charge is 2.20. The molecule has 0 aliphatic carbocycles. The van der Waals surface area contributed by atoms with Crippen LogP contribution in [0.2, 0.25) is 0 Å². The molecule has 1 aliphatic rings. The van der Waals surface area contributed by atoms with Crippen molar-refractivity contribution in [3.63, 3.8) is 0 Å². The van der Waals surface area contributed by atoms with Crippen LogP contribution in [0.3, 0.4) is 0 Å². The minimum Gasteiger partial charge on any atom is -0.491 e. The van der Waals surface area contributed by atoms with Crippen molar-refractivity contribution in [2.24, 2.45) is 0 Å². The SMILES string of the molecule is O=C(O)c1ccc(-c2ccc3c(c2)CC[C@H](CNC[C@H](O)COc2ccc4oc5ccccc5c4c2)O3)cc1. The van der Waals surface area contributed by atoms with Crippen molar-refractivity contribution in [2.75, 3.05) is 19.7 Å². The zero-order valence-electron chi connectivity index (χ0n) is 21.3. The fraction of sp³-hybridized carbons (Fsp3) is 0.219. The van der Waals surface area contributed by atoms with Crippen LogP contribution >= 0.6 is 0 Å². The van der Waals surface area contributed by atoms with Crippen LogP contribution in [0, 0.1) is 0 Å². The number of fused-ring (bicyclic) bond motifs is 4. The molecule has 1 aliphatic heterocycles. The van der Waals surface area contributed by atoms with Crippen LogP contribution in [0.4, 0.5) is 0 Å². The van der Waals surface area contributed by atoms with Crippen molar-refractivity contribution in [3.05, 3.63) is 96.1 Å². The van der Waals surface area contributed by atoms with E-state index in [9.17, 15) is 9.90 Å². The number of aromatic carboxylic acids is 1. The molecule has 0 spiro atoms. The summed E-state index contributed by atoms with van der Waals surface area (Å²) in [7, 11) is 0. The monoisotopic (exact) mass is 523 g/mol. The summed E-state index contributed by atoms with van der Waals surface area (Å²) in [4.78, 5) is 11.1. The van der Waals surface area contributed by atoms with Gasteiger partial charge in [0.15, 0.2) is 0 Å². The summed E-state index contributed by atoms with van der Waals surface area (Å²) in [6, 6.07) is 26.6. The van der Waals surface area contributed by atoms with Crippen LogP contribution in [0.15, 0.2) is 89.3 Å². The highest BCUT2D eigenvalue weighted by Crippen LogP contribution is 2.33. The summed E-state index contributed by atoms with van der Waals surface area (Å²) in [6.07, 6.45) is 1.11. The van der Waals surface area contributed by atoms with E-state index in [1.54, 1.807) is 12.1 Å². The predicted molar refractivity (Wildman–Crippen MR) is 150 cm³/mol. The number of benzene rings is 4. The molecule has 0 saturated heterocycles. The molecule has 0 fully saturated rings. The zero-order valence-corrected chi connectivity index (χ0v) is 21.3. The molecule has 0 saturated carbocycles. The Hall–Kier alpha value is -4.33. The van der Waals surface area contributed by atoms with Crippen LogP contribution in [0.25, 0.3) is 33.1 Å². The number of rotatable bonds is 9. The topological polar surface area (TPSA) is 101 Å². The lowest BCUT2D eigenvalue weighted by Gasteiger charge is -2.27. The minimum absolute atomic E-state index is 0.0168. The summed E-state index contributed by atoms with van der Waals surface area (Å²) in [5.74, 6) is 0.628. The Bertz CT molecular complexity index is 1620. The maximum atomic E-state index is 11.1. The van der Waals surface area contributed by atoms with E-state index in [-0.39, 0.29) is 18.3 Å². The molecule has 2 heterocycles. The molecule has 3 N–H and O–H groups in total. The molecule has 0 bridgehead atoms. The summed E-state index contributed by atoms with van der Waals surface area (Å²) < 4.78 is 17.9. The summed E-state index contributed by atoms with van der Waals surface area (Å²) in [6.45, 7) is 1.20. The van der Waals surface area contributed by atoms with Gasteiger partial charge in [-0.25, -0.2) is 4.79 Å². The molecule has 1 aromatic heterocycles. The highest BCUT2D eigenvalue weighted by atomic mass is 16.5. The molecule has 0 amide bonds. The number of hydrogen-bond donors (Lipinski definition) is 3. The van der Waals surface area contributed by atoms with Crippen molar-refractivity contribution in [2.45, 2.75) is 25.0 Å². The Morgan fingerprint density at radius 1 is 0.949 bits per heavy atom. The van der Waals surface area contributed by atoms with E-state index in [2.05, 4.69) is 11.4 Å². The number of aliphatic hydroxyl groups is 1. The number of carbonyl (C=O) groups is 1. The smallest absolute Gasteiger partial charge is 0.335 e. The van der Waals surface area contributed by atoms with Gasteiger partial charge in [-0.15, -0.1) is 0 Å². The van der Waals surface area contributed by atoms with Gasteiger partial charge in [0.05, 0.1) is 5.56 Å². The number of carboxylic acid groups (broad SMARTS) is 1. The Kier molecular flexibility index (Phi) is 6.92. The maximum absolute atomic E-state index is 11.1. The molecule has 7 heteroatoms. The molecule has 0 radical (unpaired) electrons.